The van der Waals surface area contributed by atoms with Gasteiger partial charge in [0.1, 0.15) is 18.3 Å². The van der Waals surface area contributed by atoms with E-state index >= 15 is 0 Å². The zero-order valence-corrected chi connectivity index (χ0v) is 8.97. The van der Waals surface area contributed by atoms with Gasteiger partial charge in [-0.05, 0) is 12.5 Å². The Labute approximate surface area is 92.0 Å². The van der Waals surface area contributed by atoms with Crippen LogP contribution in [0.25, 0.3) is 0 Å². The van der Waals surface area contributed by atoms with Crippen LogP contribution in [-0.2, 0) is 11.5 Å². The fourth-order valence-electron chi connectivity index (χ4n) is 1.28. The number of carbonyl (C=O) groups is 1. The molecular weight excluding hydrogens is 210 g/mol. The molecule has 0 fully saturated rings. The van der Waals surface area contributed by atoms with Crippen LogP contribution < -0.4 is 5.56 Å². The number of nitriles is 1. The number of carbonyl (C=O) groups excluding carboxylic acids is 1. The Morgan fingerprint density at radius 2 is 2.31 bits per heavy atom. The Kier molecular flexibility index (Phi) is 3.30. The van der Waals surface area contributed by atoms with Crippen molar-refractivity contribution in [2.24, 2.45) is 0 Å². The molecule has 1 heterocycles. The van der Waals surface area contributed by atoms with E-state index in [1.807, 2.05) is 0 Å². The maximum Gasteiger partial charge on any atom is 0.255 e. The van der Waals surface area contributed by atoms with Crippen molar-refractivity contribution in [2.75, 3.05) is 7.05 Å². The van der Waals surface area contributed by atoms with Crippen molar-refractivity contribution >= 4 is 6.41 Å². The average molecular weight is 221 g/mol. The minimum Gasteiger partial charge on any atom is -0.493 e. The summed E-state index contributed by atoms with van der Waals surface area (Å²) in [7, 11) is 1.46. The molecule has 0 saturated heterocycles. The van der Waals surface area contributed by atoms with Crippen LogP contribution in [0.5, 0.6) is 5.88 Å². The zero-order valence-electron chi connectivity index (χ0n) is 8.97. The molecule has 0 saturated carbocycles. The van der Waals surface area contributed by atoms with Gasteiger partial charge in [-0.15, -0.1) is 0 Å². The van der Waals surface area contributed by atoms with Crippen molar-refractivity contribution in [1.29, 1.82) is 5.26 Å². The van der Waals surface area contributed by atoms with Gasteiger partial charge in [-0.3, -0.25) is 14.2 Å². The van der Waals surface area contributed by atoms with Crippen LogP contribution in [0.3, 0.4) is 0 Å². The summed E-state index contributed by atoms with van der Waals surface area (Å²) in [5.41, 5.74) is -0.00314. The molecule has 6 heteroatoms. The van der Waals surface area contributed by atoms with Gasteiger partial charge in [0.15, 0.2) is 0 Å². The van der Waals surface area contributed by atoms with Crippen molar-refractivity contribution in [3.05, 3.63) is 27.5 Å². The van der Waals surface area contributed by atoms with Crippen LogP contribution in [0.15, 0.2) is 10.9 Å². The van der Waals surface area contributed by atoms with Crippen LogP contribution in [0.4, 0.5) is 0 Å². The van der Waals surface area contributed by atoms with Crippen molar-refractivity contribution in [3.63, 3.8) is 0 Å². The van der Waals surface area contributed by atoms with Gasteiger partial charge in [0.05, 0.1) is 0 Å². The highest BCUT2D eigenvalue weighted by atomic mass is 16.3. The highest BCUT2D eigenvalue weighted by molar-refractivity contribution is 5.47. The van der Waals surface area contributed by atoms with E-state index in [9.17, 15) is 14.7 Å². The minimum absolute atomic E-state index is 0.0406. The SMILES string of the molecule is Cc1cc(=O)n(CN(C)C=O)c(O)c1C#N. The molecule has 16 heavy (non-hydrogen) atoms. The Hall–Kier alpha value is -2.29. The Morgan fingerprint density at radius 3 is 2.81 bits per heavy atom. The highest BCUT2D eigenvalue weighted by Crippen LogP contribution is 2.17. The van der Waals surface area contributed by atoms with Crippen molar-refractivity contribution < 1.29 is 9.90 Å². The topological polar surface area (TPSA) is 86.3 Å². The van der Waals surface area contributed by atoms with E-state index in [2.05, 4.69) is 0 Å². The molecule has 0 bridgehead atoms. The summed E-state index contributed by atoms with van der Waals surface area (Å²) >= 11 is 0. The average Bonchev–Trinajstić information content (AvgIpc) is 2.24. The molecule has 0 aliphatic heterocycles. The largest absolute Gasteiger partial charge is 0.493 e. The Bertz CT molecular complexity index is 513. The van der Waals surface area contributed by atoms with E-state index < -0.39 is 11.4 Å². The van der Waals surface area contributed by atoms with E-state index in [1.165, 1.54) is 18.0 Å². The van der Waals surface area contributed by atoms with Gasteiger partial charge in [0, 0.05) is 13.1 Å². The van der Waals surface area contributed by atoms with Crippen molar-refractivity contribution in [3.8, 4) is 11.9 Å². The summed E-state index contributed by atoms with van der Waals surface area (Å²) in [5.74, 6) is -0.416. The Morgan fingerprint density at radius 1 is 1.69 bits per heavy atom. The molecule has 1 aromatic heterocycles. The number of aromatic nitrogens is 1. The molecule has 0 spiro atoms. The fraction of sp³-hybridized carbons (Fsp3) is 0.300. The molecule has 1 aromatic rings. The first-order valence-electron chi connectivity index (χ1n) is 4.50. The van der Waals surface area contributed by atoms with E-state index in [0.29, 0.717) is 12.0 Å². The highest BCUT2D eigenvalue weighted by Gasteiger charge is 2.12. The maximum atomic E-state index is 11.5. The van der Waals surface area contributed by atoms with Crippen LogP contribution in [-0.4, -0.2) is 28.0 Å². The van der Waals surface area contributed by atoms with Crippen molar-refractivity contribution in [2.45, 2.75) is 13.6 Å². The molecule has 0 aliphatic rings. The lowest BCUT2D eigenvalue weighted by Gasteiger charge is -2.15. The number of hydrogen-bond donors (Lipinski definition) is 1. The molecule has 0 aromatic carbocycles. The molecule has 0 radical (unpaired) electrons. The smallest absolute Gasteiger partial charge is 0.255 e. The second-order valence-electron chi connectivity index (χ2n) is 3.41. The monoisotopic (exact) mass is 221 g/mol. The van der Waals surface area contributed by atoms with Gasteiger partial charge in [-0.2, -0.15) is 5.26 Å². The van der Waals surface area contributed by atoms with E-state index in [0.717, 1.165) is 4.57 Å². The standard InChI is InChI=1S/C10H11N3O3/c1-7-3-9(15)13(5-12(2)6-14)10(16)8(7)4-11/h3,6,16H,5H2,1-2H3. The quantitative estimate of drug-likeness (QED) is 0.715. The number of hydrogen-bond acceptors (Lipinski definition) is 4. The molecule has 0 unspecified atom stereocenters. The maximum absolute atomic E-state index is 11.5. The molecule has 1 N–H and O–H groups in total. The molecule has 6 nitrogen and oxygen atoms in total. The van der Waals surface area contributed by atoms with E-state index in [4.69, 9.17) is 5.26 Å². The predicted molar refractivity (Wildman–Crippen MR) is 55.6 cm³/mol. The first-order chi connectivity index (χ1) is 7.51. The summed E-state index contributed by atoms with van der Waals surface area (Å²) < 4.78 is 0.958. The first kappa shape index (κ1) is 11.8. The van der Waals surface area contributed by atoms with Gasteiger partial charge in [0.25, 0.3) is 5.56 Å². The fourth-order valence-corrected chi connectivity index (χ4v) is 1.28. The summed E-state index contributed by atoms with van der Waals surface area (Å²) in [5, 5.41) is 18.5. The number of aryl methyl sites for hydroxylation is 1. The number of amides is 1. The third-order valence-electron chi connectivity index (χ3n) is 2.14. The second-order valence-corrected chi connectivity index (χ2v) is 3.41. The number of aromatic hydroxyl groups is 1. The Balaban J connectivity index is 3.35. The molecule has 84 valence electrons. The lowest BCUT2D eigenvalue weighted by Crippen LogP contribution is -2.29. The summed E-state index contributed by atoms with van der Waals surface area (Å²) in [6.07, 6.45) is 0.526. The molecule has 0 aliphatic carbocycles. The van der Waals surface area contributed by atoms with Crippen LogP contribution in [0.2, 0.25) is 0 Å². The van der Waals surface area contributed by atoms with Crippen LogP contribution >= 0.6 is 0 Å². The molecule has 0 atom stereocenters. The van der Waals surface area contributed by atoms with Crippen LogP contribution in [0, 0.1) is 18.3 Å². The normalized spacial score (nSPS) is 9.56. The van der Waals surface area contributed by atoms with E-state index in [-0.39, 0.29) is 12.2 Å². The van der Waals surface area contributed by atoms with E-state index in [1.54, 1.807) is 13.0 Å². The lowest BCUT2D eigenvalue weighted by molar-refractivity contribution is -0.118. The van der Waals surface area contributed by atoms with Gasteiger partial charge < -0.3 is 10.0 Å². The molecular formula is C10H11N3O3. The zero-order chi connectivity index (χ0) is 12.3. The summed E-state index contributed by atoms with van der Waals surface area (Å²) in [6, 6.07) is 3.05. The number of nitrogens with zero attached hydrogens (tertiary/aromatic N) is 3. The van der Waals surface area contributed by atoms with Gasteiger partial charge >= 0.3 is 0 Å². The summed E-state index contributed by atoms with van der Waals surface area (Å²) in [4.78, 5) is 23.1. The third kappa shape index (κ3) is 2.03. The number of rotatable bonds is 3. The van der Waals surface area contributed by atoms with Gasteiger partial charge in [-0.1, -0.05) is 0 Å². The van der Waals surface area contributed by atoms with Gasteiger partial charge in [0.2, 0.25) is 12.3 Å². The predicted octanol–water partition coefficient (Wildman–Crippen LogP) is -0.220. The number of pyridine rings is 1. The summed E-state index contributed by atoms with van der Waals surface area (Å²) in [6.45, 7) is 1.47. The van der Waals surface area contributed by atoms with Crippen LogP contribution in [0.1, 0.15) is 11.1 Å². The minimum atomic E-state index is -0.456. The lowest BCUT2D eigenvalue weighted by atomic mass is 10.1. The molecule has 1 rings (SSSR count). The molecule has 1 amide bonds. The first-order valence-corrected chi connectivity index (χ1v) is 4.50. The third-order valence-corrected chi connectivity index (χ3v) is 2.14. The van der Waals surface area contributed by atoms with Crippen molar-refractivity contribution in [1.82, 2.24) is 9.47 Å². The second kappa shape index (κ2) is 4.49. The van der Waals surface area contributed by atoms with Gasteiger partial charge in [-0.25, -0.2) is 0 Å².